The van der Waals surface area contributed by atoms with Crippen molar-refractivity contribution < 1.29 is 9.53 Å². The molecular weight excluding hydrogens is 380 g/mol. The lowest BCUT2D eigenvalue weighted by Gasteiger charge is -2.11. The minimum absolute atomic E-state index is 0.0818. The number of aryl methyl sites for hydroxylation is 1. The van der Waals surface area contributed by atoms with Crippen LogP contribution in [0.15, 0.2) is 60.9 Å². The first-order valence-electron chi connectivity index (χ1n) is 10.00. The minimum atomic E-state index is -0.0818. The first kappa shape index (κ1) is 19.6. The van der Waals surface area contributed by atoms with Gasteiger partial charge in [-0.25, -0.2) is 4.98 Å². The van der Waals surface area contributed by atoms with Crippen LogP contribution in [0, 0.1) is 0 Å². The zero-order chi connectivity index (χ0) is 20.8. The number of ether oxygens (including phenoxy) is 1. The van der Waals surface area contributed by atoms with E-state index < -0.39 is 0 Å². The molecule has 0 saturated heterocycles. The van der Waals surface area contributed by atoms with Crippen LogP contribution in [0.1, 0.15) is 18.6 Å². The van der Waals surface area contributed by atoms with E-state index in [4.69, 9.17) is 4.74 Å². The van der Waals surface area contributed by atoms with E-state index in [2.05, 4.69) is 20.5 Å². The number of nitrogens with zero attached hydrogens (tertiary/aromatic N) is 5. The molecule has 0 fully saturated rings. The van der Waals surface area contributed by atoms with Gasteiger partial charge in [0.05, 0.1) is 11.0 Å². The summed E-state index contributed by atoms with van der Waals surface area (Å²) >= 11 is 0. The number of carbonyl (C=O) groups is 1. The Kier molecular flexibility index (Phi) is 6.03. The van der Waals surface area contributed by atoms with Crippen molar-refractivity contribution in [2.75, 3.05) is 6.54 Å². The van der Waals surface area contributed by atoms with Crippen LogP contribution >= 0.6 is 0 Å². The van der Waals surface area contributed by atoms with E-state index in [0.29, 0.717) is 18.8 Å². The average Bonchev–Trinajstić information content (AvgIpc) is 3.37. The zero-order valence-corrected chi connectivity index (χ0v) is 16.9. The third-order valence-electron chi connectivity index (χ3n) is 4.85. The summed E-state index contributed by atoms with van der Waals surface area (Å²) in [5.41, 5.74) is 1.75. The fourth-order valence-corrected chi connectivity index (χ4v) is 3.33. The van der Waals surface area contributed by atoms with Crippen LogP contribution in [0.2, 0.25) is 0 Å². The lowest BCUT2D eigenvalue weighted by molar-refractivity contribution is -0.121. The van der Waals surface area contributed by atoms with E-state index in [1.165, 1.54) is 0 Å². The van der Waals surface area contributed by atoms with Crippen LogP contribution in [0.5, 0.6) is 5.75 Å². The molecule has 2 aromatic carbocycles. The third-order valence-corrected chi connectivity index (χ3v) is 4.85. The Bertz CT molecular complexity index is 1120. The number of aromatic nitrogens is 5. The number of nitrogens with one attached hydrogen (secondary N) is 1. The first-order valence-corrected chi connectivity index (χ1v) is 10.00. The van der Waals surface area contributed by atoms with Gasteiger partial charge in [0.1, 0.15) is 36.9 Å². The largest absolute Gasteiger partial charge is 0.486 e. The van der Waals surface area contributed by atoms with E-state index in [1.807, 2.05) is 70.7 Å². The van der Waals surface area contributed by atoms with Gasteiger partial charge in [-0.2, -0.15) is 0 Å². The molecule has 30 heavy (non-hydrogen) atoms. The normalized spacial score (nSPS) is 11.0. The molecular formula is C22H24N6O2. The van der Waals surface area contributed by atoms with E-state index in [9.17, 15) is 4.79 Å². The number of hydrogen-bond donors (Lipinski definition) is 1. The Balaban J connectivity index is 1.43. The Morgan fingerprint density at radius 1 is 1.07 bits per heavy atom. The first-order chi connectivity index (χ1) is 14.7. The predicted molar refractivity (Wildman–Crippen MR) is 113 cm³/mol. The van der Waals surface area contributed by atoms with Crippen LogP contribution in [0.3, 0.4) is 0 Å². The Labute approximate surface area is 174 Å². The highest BCUT2D eigenvalue weighted by molar-refractivity contribution is 5.81. The van der Waals surface area contributed by atoms with Crippen molar-refractivity contribution in [1.82, 2.24) is 29.6 Å². The summed E-state index contributed by atoms with van der Waals surface area (Å²) in [6, 6.07) is 17.4. The van der Waals surface area contributed by atoms with Gasteiger partial charge >= 0.3 is 0 Å². The molecule has 4 aromatic rings. The lowest BCUT2D eigenvalue weighted by atomic mass is 10.3. The van der Waals surface area contributed by atoms with Crippen molar-refractivity contribution in [2.24, 2.45) is 0 Å². The van der Waals surface area contributed by atoms with Gasteiger partial charge in [0.15, 0.2) is 0 Å². The smallest absolute Gasteiger partial charge is 0.240 e. The molecule has 0 atom stereocenters. The zero-order valence-electron chi connectivity index (χ0n) is 16.9. The van der Waals surface area contributed by atoms with Crippen LogP contribution < -0.4 is 10.1 Å². The van der Waals surface area contributed by atoms with Crippen LogP contribution in [-0.2, 0) is 30.9 Å². The molecule has 2 aromatic heterocycles. The maximum Gasteiger partial charge on any atom is 0.240 e. The Hall–Kier alpha value is -3.68. The number of imidazole rings is 1. The second-order valence-electron chi connectivity index (χ2n) is 6.84. The molecule has 0 aliphatic carbocycles. The highest BCUT2D eigenvalue weighted by Gasteiger charge is 2.14. The summed E-state index contributed by atoms with van der Waals surface area (Å²) in [5.74, 6) is 2.26. The maximum atomic E-state index is 12.6. The second kappa shape index (κ2) is 9.21. The molecule has 0 unspecified atom stereocenters. The van der Waals surface area contributed by atoms with Gasteiger partial charge < -0.3 is 19.2 Å². The van der Waals surface area contributed by atoms with Gasteiger partial charge in [-0.1, -0.05) is 30.3 Å². The summed E-state index contributed by atoms with van der Waals surface area (Å²) < 4.78 is 9.74. The number of carbonyl (C=O) groups excluding carboxylic acids is 1. The molecule has 0 aliphatic rings. The fourth-order valence-electron chi connectivity index (χ4n) is 3.33. The molecule has 0 aliphatic heterocycles. The molecule has 4 rings (SSSR count). The van der Waals surface area contributed by atoms with Crippen molar-refractivity contribution >= 4 is 16.9 Å². The van der Waals surface area contributed by atoms with Crippen molar-refractivity contribution in [3.8, 4) is 5.75 Å². The quantitative estimate of drug-likeness (QED) is 0.463. The van der Waals surface area contributed by atoms with Gasteiger partial charge in [-0.05, 0) is 31.2 Å². The standard InChI is InChI=1S/C22H24N6O2/c1-2-27-16-24-26-20(27)12-13-23-22(29)14-28-19-11-7-6-10-18(19)25-21(28)15-30-17-8-4-3-5-9-17/h3-11,16H,2,12-15H2,1H3,(H,23,29). The molecule has 0 saturated carbocycles. The molecule has 1 N–H and O–H groups in total. The van der Waals surface area contributed by atoms with Gasteiger partial charge in [0.25, 0.3) is 0 Å². The molecule has 1 amide bonds. The van der Waals surface area contributed by atoms with Crippen LogP contribution in [-0.4, -0.2) is 36.8 Å². The van der Waals surface area contributed by atoms with Gasteiger partial charge in [0, 0.05) is 19.5 Å². The van der Waals surface area contributed by atoms with E-state index in [1.54, 1.807) is 6.33 Å². The maximum absolute atomic E-state index is 12.6. The number of hydrogen-bond acceptors (Lipinski definition) is 5. The van der Waals surface area contributed by atoms with Crippen LogP contribution in [0.25, 0.3) is 11.0 Å². The number of amides is 1. The second-order valence-corrected chi connectivity index (χ2v) is 6.84. The monoisotopic (exact) mass is 404 g/mol. The number of fused-ring (bicyclic) bond motifs is 1. The number of rotatable bonds is 9. The summed E-state index contributed by atoms with van der Waals surface area (Å²) in [5, 5.41) is 11.0. The van der Waals surface area contributed by atoms with Crippen molar-refractivity contribution in [1.29, 1.82) is 0 Å². The van der Waals surface area contributed by atoms with E-state index in [0.717, 1.165) is 29.2 Å². The topological polar surface area (TPSA) is 86.9 Å². The van der Waals surface area contributed by atoms with Crippen molar-refractivity contribution in [2.45, 2.75) is 33.0 Å². The Morgan fingerprint density at radius 2 is 1.87 bits per heavy atom. The molecule has 0 radical (unpaired) electrons. The fraction of sp³-hybridized carbons (Fsp3) is 0.273. The van der Waals surface area contributed by atoms with E-state index in [-0.39, 0.29) is 19.1 Å². The molecule has 8 nitrogen and oxygen atoms in total. The SMILES string of the molecule is CCn1cnnc1CCNC(=O)Cn1c(COc2ccccc2)nc2ccccc21. The van der Waals surface area contributed by atoms with Gasteiger partial charge in [0.2, 0.25) is 5.91 Å². The number of para-hydroxylation sites is 3. The highest BCUT2D eigenvalue weighted by atomic mass is 16.5. The molecule has 2 heterocycles. The van der Waals surface area contributed by atoms with Gasteiger partial charge in [-0.15, -0.1) is 10.2 Å². The van der Waals surface area contributed by atoms with Crippen LogP contribution in [0.4, 0.5) is 0 Å². The van der Waals surface area contributed by atoms with Crippen molar-refractivity contribution in [3.63, 3.8) is 0 Å². The summed E-state index contributed by atoms with van der Waals surface area (Å²) in [6.07, 6.45) is 2.34. The molecule has 8 heteroatoms. The molecule has 154 valence electrons. The summed E-state index contributed by atoms with van der Waals surface area (Å²) in [6.45, 7) is 3.80. The minimum Gasteiger partial charge on any atom is -0.486 e. The molecule has 0 bridgehead atoms. The highest BCUT2D eigenvalue weighted by Crippen LogP contribution is 2.18. The Morgan fingerprint density at radius 3 is 2.70 bits per heavy atom. The molecule has 0 spiro atoms. The lowest BCUT2D eigenvalue weighted by Crippen LogP contribution is -2.30. The summed E-state index contributed by atoms with van der Waals surface area (Å²) in [4.78, 5) is 17.3. The predicted octanol–water partition coefficient (Wildman–Crippen LogP) is 2.59. The van der Waals surface area contributed by atoms with Gasteiger partial charge in [-0.3, -0.25) is 4.79 Å². The summed E-state index contributed by atoms with van der Waals surface area (Å²) in [7, 11) is 0. The van der Waals surface area contributed by atoms with E-state index >= 15 is 0 Å². The third kappa shape index (κ3) is 4.48. The van der Waals surface area contributed by atoms with Crippen molar-refractivity contribution in [3.05, 3.63) is 72.6 Å². The number of benzene rings is 2. The average molecular weight is 404 g/mol.